The summed E-state index contributed by atoms with van der Waals surface area (Å²) in [5.74, 6) is 0. The molecule has 1 unspecified atom stereocenters. The highest BCUT2D eigenvalue weighted by atomic mass is 35.5. The van der Waals surface area contributed by atoms with Crippen molar-refractivity contribution in [1.29, 1.82) is 0 Å². The van der Waals surface area contributed by atoms with Gasteiger partial charge >= 0.3 is 0 Å². The Labute approximate surface area is 114 Å². The number of halogens is 1. The second-order valence-corrected chi connectivity index (χ2v) is 7.27. The minimum absolute atomic E-state index is 0.216. The Hall–Kier alpha value is -0.180. The lowest BCUT2D eigenvalue weighted by atomic mass is 10.0. The average molecular weight is 272 g/mol. The fraction of sp³-hybridized carbons (Fsp3) is 0.571. The normalized spacial score (nSPS) is 13.7. The molecule has 1 atom stereocenters. The Morgan fingerprint density at radius 2 is 1.94 bits per heavy atom. The van der Waals surface area contributed by atoms with Gasteiger partial charge < -0.3 is 0 Å². The Balaban J connectivity index is 2.75. The summed E-state index contributed by atoms with van der Waals surface area (Å²) in [5.41, 5.74) is 1.20. The molecule has 0 aromatic heterocycles. The molecule has 0 spiro atoms. The summed E-state index contributed by atoms with van der Waals surface area (Å²) < 4.78 is 3.77. The Kier molecular flexibility index (Phi) is 5.84. The quantitative estimate of drug-likeness (QED) is 0.737. The van der Waals surface area contributed by atoms with E-state index in [2.05, 4.69) is 38.5 Å². The predicted octanol–water partition coefficient (Wildman–Crippen LogP) is 5.22. The van der Waals surface area contributed by atoms with Gasteiger partial charge in [-0.25, -0.2) is 0 Å². The zero-order valence-corrected chi connectivity index (χ0v) is 12.7. The van der Waals surface area contributed by atoms with E-state index in [9.17, 15) is 0 Å². The smallest absolute Gasteiger partial charge is 0.0454 e. The maximum Gasteiger partial charge on any atom is 0.0454 e. The molecule has 0 amide bonds. The molecule has 0 bridgehead atoms. The average Bonchev–Trinajstić information content (AvgIpc) is 2.24. The second kappa shape index (κ2) is 6.67. The standard InChI is InChI=1S/C14H22ClNS/c1-5-8-13(16-17-14(2,3)4)11-9-6-7-10-12(11)15/h6-7,9-10,13,16H,5,8H2,1-4H3. The molecular weight excluding hydrogens is 250 g/mol. The highest BCUT2D eigenvalue weighted by Gasteiger charge is 2.17. The van der Waals surface area contributed by atoms with E-state index in [-0.39, 0.29) is 4.75 Å². The van der Waals surface area contributed by atoms with Crippen LogP contribution in [0, 0.1) is 0 Å². The maximum absolute atomic E-state index is 6.26. The van der Waals surface area contributed by atoms with Crippen LogP contribution in [0.2, 0.25) is 5.02 Å². The van der Waals surface area contributed by atoms with Crippen molar-refractivity contribution in [2.24, 2.45) is 0 Å². The largest absolute Gasteiger partial charge is 0.256 e. The number of nitrogens with one attached hydrogen (secondary N) is 1. The molecule has 0 aliphatic carbocycles. The zero-order valence-electron chi connectivity index (χ0n) is 11.1. The molecular formula is C14H22ClNS. The van der Waals surface area contributed by atoms with Gasteiger partial charge in [0.15, 0.2) is 0 Å². The van der Waals surface area contributed by atoms with Crippen LogP contribution in [0.4, 0.5) is 0 Å². The summed E-state index contributed by atoms with van der Waals surface area (Å²) in [6.07, 6.45) is 2.25. The van der Waals surface area contributed by atoms with Crippen LogP contribution >= 0.6 is 23.5 Å². The molecule has 1 nitrogen and oxygen atoms in total. The summed E-state index contributed by atoms with van der Waals surface area (Å²) in [5, 5.41) is 0.855. The topological polar surface area (TPSA) is 12.0 Å². The molecule has 0 aliphatic rings. The van der Waals surface area contributed by atoms with Crippen LogP contribution < -0.4 is 4.72 Å². The highest BCUT2D eigenvalue weighted by Crippen LogP contribution is 2.30. The lowest BCUT2D eigenvalue weighted by Crippen LogP contribution is -2.21. The van der Waals surface area contributed by atoms with Gasteiger partial charge in [-0.1, -0.05) is 55.1 Å². The Morgan fingerprint density at radius 3 is 2.47 bits per heavy atom. The Bertz CT molecular complexity index is 346. The molecule has 96 valence electrons. The second-order valence-electron chi connectivity index (χ2n) is 5.20. The molecule has 0 saturated carbocycles. The lowest BCUT2D eigenvalue weighted by Gasteiger charge is -2.24. The molecule has 0 fully saturated rings. The number of hydrogen-bond donors (Lipinski definition) is 1. The molecule has 1 aromatic carbocycles. The van der Waals surface area contributed by atoms with Gasteiger partial charge in [0.05, 0.1) is 0 Å². The summed E-state index contributed by atoms with van der Waals surface area (Å²) in [7, 11) is 0. The first-order chi connectivity index (χ1) is 7.94. The SMILES string of the molecule is CCCC(NSC(C)(C)C)c1ccccc1Cl. The van der Waals surface area contributed by atoms with Gasteiger partial charge in [0.2, 0.25) is 0 Å². The number of benzene rings is 1. The van der Waals surface area contributed by atoms with Gasteiger partial charge in [-0.15, -0.1) is 0 Å². The van der Waals surface area contributed by atoms with Crippen LogP contribution in [0.5, 0.6) is 0 Å². The third-order valence-electron chi connectivity index (χ3n) is 2.37. The fourth-order valence-corrected chi connectivity index (χ4v) is 2.58. The first-order valence-corrected chi connectivity index (χ1v) is 7.31. The molecule has 17 heavy (non-hydrogen) atoms. The van der Waals surface area contributed by atoms with Crippen molar-refractivity contribution in [1.82, 2.24) is 4.72 Å². The molecule has 3 heteroatoms. The van der Waals surface area contributed by atoms with Crippen LogP contribution in [0.15, 0.2) is 24.3 Å². The monoisotopic (exact) mass is 271 g/mol. The van der Waals surface area contributed by atoms with Crippen molar-refractivity contribution >= 4 is 23.5 Å². The minimum Gasteiger partial charge on any atom is -0.256 e. The van der Waals surface area contributed by atoms with Gasteiger partial charge in [0.1, 0.15) is 0 Å². The molecule has 0 radical (unpaired) electrons. The van der Waals surface area contributed by atoms with Crippen molar-refractivity contribution < 1.29 is 0 Å². The van der Waals surface area contributed by atoms with Gasteiger partial charge in [-0.2, -0.15) is 0 Å². The predicted molar refractivity (Wildman–Crippen MR) is 79.6 cm³/mol. The van der Waals surface area contributed by atoms with E-state index >= 15 is 0 Å². The number of hydrogen-bond acceptors (Lipinski definition) is 2. The lowest BCUT2D eigenvalue weighted by molar-refractivity contribution is 0.596. The summed E-state index contributed by atoms with van der Waals surface area (Å²) in [6, 6.07) is 8.43. The van der Waals surface area contributed by atoms with Crippen molar-refractivity contribution in [2.45, 2.75) is 51.3 Å². The van der Waals surface area contributed by atoms with E-state index in [1.165, 1.54) is 5.56 Å². The first kappa shape index (κ1) is 14.9. The molecule has 0 aliphatic heterocycles. The van der Waals surface area contributed by atoms with Gasteiger partial charge in [0.25, 0.3) is 0 Å². The highest BCUT2D eigenvalue weighted by molar-refractivity contribution is 7.98. The summed E-state index contributed by atoms with van der Waals surface area (Å²) in [6.45, 7) is 8.83. The molecule has 1 rings (SSSR count). The van der Waals surface area contributed by atoms with E-state index < -0.39 is 0 Å². The Morgan fingerprint density at radius 1 is 1.29 bits per heavy atom. The maximum atomic E-state index is 6.26. The van der Waals surface area contributed by atoms with Crippen LogP contribution in [0.3, 0.4) is 0 Å². The molecule has 1 N–H and O–H groups in total. The van der Waals surface area contributed by atoms with Crippen molar-refractivity contribution in [3.8, 4) is 0 Å². The van der Waals surface area contributed by atoms with Crippen molar-refractivity contribution in [2.75, 3.05) is 0 Å². The van der Waals surface area contributed by atoms with E-state index in [1.807, 2.05) is 18.2 Å². The van der Waals surface area contributed by atoms with E-state index in [0.717, 1.165) is 17.9 Å². The minimum atomic E-state index is 0.216. The van der Waals surface area contributed by atoms with Crippen molar-refractivity contribution in [3.05, 3.63) is 34.9 Å². The molecule has 0 heterocycles. The third kappa shape index (κ3) is 5.33. The molecule has 1 aromatic rings. The van der Waals surface area contributed by atoms with Crippen molar-refractivity contribution in [3.63, 3.8) is 0 Å². The van der Waals surface area contributed by atoms with Crippen LogP contribution in [0.25, 0.3) is 0 Å². The zero-order chi connectivity index (χ0) is 12.9. The van der Waals surface area contributed by atoms with Crippen LogP contribution in [-0.2, 0) is 0 Å². The summed E-state index contributed by atoms with van der Waals surface area (Å²) >= 11 is 8.03. The first-order valence-electron chi connectivity index (χ1n) is 6.12. The fourth-order valence-electron chi connectivity index (χ4n) is 1.57. The summed E-state index contributed by atoms with van der Waals surface area (Å²) in [4.78, 5) is 0. The van der Waals surface area contributed by atoms with E-state index in [0.29, 0.717) is 6.04 Å². The van der Waals surface area contributed by atoms with Gasteiger partial charge in [0, 0.05) is 15.8 Å². The van der Waals surface area contributed by atoms with Crippen LogP contribution in [0.1, 0.15) is 52.1 Å². The number of rotatable bonds is 5. The van der Waals surface area contributed by atoms with Crippen LogP contribution in [-0.4, -0.2) is 4.75 Å². The van der Waals surface area contributed by atoms with Gasteiger partial charge in [-0.3, -0.25) is 4.72 Å². The molecule has 0 saturated heterocycles. The third-order valence-corrected chi connectivity index (χ3v) is 3.72. The van der Waals surface area contributed by atoms with E-state index in [4.69, 9.17) is 11.6 Å². The van der Waals surface area contributed by atoms with E-state index in [1.54, 1.807) is 11.9 Å². The van der Waals surface area contributed by atoms with Gasteiger partial charge in [-0.05, 0) is 38.8 Å².